The third-order valence-electron chi connectivity index (χ3n) is 2.86. The Bertz CT molecular complexity index is 448. The molecule has 1 unspecified atom stereocenters. The zero-order valence-corrected chi connectivity index (χ0v) is 9.43. The molecule has 0 amide bonds. The maximum Gasteiger partial charge on any atom is 0.0830 e. The number of hydrogen-bond acceptors (Lipinski definition) is 1. The van der Waals surface area contributed by atoms with E-state index < -0.39 is 6.10 Å². The number of aliphatic hydroxyl groups excluding tert-OH is 1. The number of aliphatic hydroxyl groups is 1. The van der Waals surface area contributed by atoms with Crippen molar-refractivity contribution in [1.82, 2.24) is 0 Å². The number of benzene rings is 2. The maximum atomic E-state index is 10.1. The van der Waals surface area contributed by atoms with Crippen LogP contribution in [0.2, 0.25) is 0 Å². The Kier molecular flexibility index (Phi) is 3.37. The molecule has 82 valence electrons. The van der Waals surface area contributed by atoms with E-state index in [1.165, 1.54) is 11.1 Å². The van der Waals surface area contributed by atoms with E-state index in [1.54, 1.807) is 0 Å². The normalized spacial score (nSPS) is 12.4. The van der Waals surface area contributed by atoms with Crippen molar-refractivity contribution in [2.75, 3.05) is 0 Å². The van der Waals surface area contributed by atoms with Crippen molar-refractivity contribution < 1.29 is 5.11 Å². The summed E-state index contributed by atoms with van der Waals surface area (Å²) in [5.74, 6) is 0. The van der Waals surface area contributed by atoms with Gasteiger partial charge in [0.25, 0.3) is 0 Å². The summed E-state index contributed by atoms with van der Waals surface area (Å²) in [6.07, 6.45) is 0.263. The molecule has 0 aliphatic rings. The Morgan fingerprint density at radius 1 is 0.938 bits per heavy atom. The van der Waals surface area contributed by atoms with Crippen LogP contribution in [0.3, 0.4) is 0 Å². The number of hydrogen-bond donors (Lipinski definition) is 1. The second kappa shape index (κ2) is 4.95. The van der Waals surface area contributed by atoms with Crippen LogP contribution in [0.15, 0.2) is 54.6 Å². The average molecular weight is 212 g/mol. The van der Waals surface area contributed by atoms with Gasteiger partial charge < -0.3 is 5.11 Å². The van der Waals surface area contributed by atoms with Gasteiger partial charge in [0.05, 0.1) is 6.10 Å². The Hall–Kier alpha value is -1.60. The summed E-state index contributed by atoms with van der Waals surface area (Å²) >= 11 is 0. The smallest absolute Gasteiger partial charge is 0.0830 e. The highest BCUT2D eigenvalue weighted by Gasteiger charge is 2.08. The summed E-state index contributed by atoms with van der Waals surface area (Å²) in [6.45, 7) is 2.08. The molecule has 1 heteroatoms. The molecule has 0 spiro atoms. The molecule has 1 N–H and O–H groups in total. The van der Waals surface area contributed by atoms with E-state index in [2.05, 4.69) is 19.1 Å². The van der Waals surface area contributed by atoms with Gasteiger partial charge in [0.15, 0.2) is 0 Å². The SMILES string of the molecule is Cc1ccccc1CC(O)c1ccccc1. The van der Waals surface area contributed by atoms with Crippen LogP contribution in [0.1, 0.15) is 22.8 Å². The van der Waals surface area contributed by atoms with Gasteiger partial charge in [-0.1, -0.05) is 54.6 Å². The highest BCUT2D eigenvalue weighted by atomic mass is 16.3. The summed E-state index contributed by atoms with van der Waals surface area (Å²) < 4.78 is 0. The van der Waals surface area contributed by atoms with E-state index in [-0.39, 0.29) is 0 Å². The van der Waals surface area contributed by atoms with Crippen molar-refractivity contribution in [1.29, 1.82) is 0 Å². The van der Waals surface area contributed by atoms with Crippen molar-refractivity contribution in [2.24, 2.45) is 0 Å². The minimum Gasteiger partial charge on any atom is -0.388 e. The standard InChI is InChI=1S/C15H16O/c1-12-7-5-6-10-14(12)11-15(16)13-8-3-2-4-9-13/h2-10,15-16H,11H2,1H3. The first-order chi connectivity index (χ1) is 7.77. The molecule has 0 aliphatic heterocycles. The number of aryl methyl sites for hydroxylation is 1. The van der Waals surface area contributed by atoms with Crippen LogP contribution in [0.25, 0.3) is 0 Å². The van der Waals surface area contributed by atoms with Gasteiger partial charge in [-0.3, -0.25) is 0 Å². The first-order valence-electron chi connectivity index (χ1n) is 5.55. The third-order valence-corrected chi connectivity index (χ3v) is 2.86. The van der Waals surface area contributed by atoms with Crippen LogP contribution < -0.4 is 0 Å². The van der Waals surface area contributed by atoms with Crippen molar-refractivity contribution in [3.63, 3.8) is 0 Å². The van der Waals surface area contributed by atoms with E-state index in [0.717, 1.165) is 5.56 Å². The second-order valence-corrected chi connectivity index (χ2v) is 4.06. The second-order valence-electron chi connectivity index (χ2n) is 4.06. The predicted molar refractivity (Wildman–Crippen MR) is 66.3 cm³/mol. The minimum absolute atomic E-state index is 0.415. The van der Waals surface area contributed by atoms with Gasteiger partial charge >= 0.3 is 0 Å². The molecular formula is C15H16O. The maximum absolute atomic E-state index is 10.1. The third kappa shape index (κ3) is 2.50. The monoisotopic (exact) mass is 212 g/mol. The number of rotatable bonds is 3. The van der Waals surface area contributed by atoms with Crippen molar-refractivity contribution in [2.45, 2.75) is 19.4 Å². The fourth-order valence-corrected chi connectivity index (χ4v) is 1.84. The van der Waals surface area contributed by atoms with Crippen LogP contribution >= 0.6 is 0 Å². The molecule has 0 aromatic heterocycles. The first-order valence-corrected chi connectivity index (χ1v) is 5.55. The van der Waals surface area contributed by atoms with Crippen LogP contribution in [-0.4, -0.2) is 5.11 Å². The summed E-state index contributed by atoms with van der Waals surface area (Å²) in [5, 5.41) is 10.1. The van der Waals surface area contributed by atoms with Gasteiger partial charge in [-0.05, 0) is 23.6 Å². The Morgan fingerprint density at radius 3 is 2.25 bits per heavy atom. The topological polar surface area (TPSA) is 20.2 Å². The molecule has 0 saturated heterocycles. The van der Waals surface area contributed by atoms with Crippen LogP contribution in [0, 0.1) is 6.92 Å². The molecule has 0 aliphatic carbocycles. The Morgan fingerprint density at radius 2 is 1.56 bits per heavy atom. The first kappa shape index (κ1) is 10.9. The van der Waals surface area contributed by atoms with Crippen LogP contribution in [0.4, 0.5) is 0 Å². The lowest BCUT2D eigenvalue weighted by Gasteiger charge is -2.12. The average Bonchev–Trinajstić information content (AvgIpc) is 2.33. The van der Waals surface area contributed by atoms with Gasteiger partial charge in [-0.2, -0.15) is 0 Å². The van der Waals surface area contributed by atoms with E-state index in [1.807, 2.05) is 42.5 Å². The Balaban J connectivity index is 2.14. The zero-order chi connectivity index (χ0) is 11.4. The molecule has 0 bridgehead atoms. The molecule has 0 saturated carbocycles. The zero-order valence-electron chi connectivity index (χ0n) is 9.43. The molecule has 16 heavy (non-hydrogen) atoms. The molecule has 1 nitrogen and oxygen atoms in total. The van der Waals surface area contributed by atoms with Gasteiger partial charge in [-0.25, -0.2) is 0 Å². The van der Waals surface area contributed by atoms with Gasteiger partial charge in [0, 0.05) is 6.42 Å². The lowest BCUT2D eigenvalue weighted by molar-refractivity contribution is 0.178. The van der Waals surface area contributed by atoms with Gasteiger partial charge in [0.1, 0.15) is 0 Å². The van der Waals surface area contributed by atoms with E-state index in [9.17, 15) is 5.11 Å². The van der Waals surface area contributed by atoms with E-state index in [4.69, 9.17) is 0 Å². The van der Waals surface area contributed by atoms with Crippen LogP contribution in [-0.2, 0) is 6.42 Å². The van der Waals surface area contributed by atoms with Crippen LogP contribution in [0.5, 0.6) is 0 Å². The molecule has 1 atom stereocenters. The minimum atomic E-state index is -0.415. The quantitative estimate of drug-likeness (QED) is 0.827. The fourth-order valence-electron chi connectivity index (χ4n) is 1.84. The summed E-state index contributed by atoms with van der Waals surface area (Å²) in [6, 6.07) is 18.0. The van der Waals surface area contributed by atoms with Crippen molar-refractivity contribution >= 4 is 0 Å². The van der Waals surface area contributed by atoms with Gasteiger partial charge in [-0.15, -0.1) is 0 Å². The summed E-state index contributed by atoms with van der Waals surface area (Å²) in [4.78, 5) is 0. The highest BCUT2D eigenvalue weighted by molar-refractivity contribution is 5.28. The highest BCUT2D eigenvalue weighted by Crippen LogP contribution is 2.19. The molecule has 2 aromatic rings. The predicted octanol–water partition coefficient (Wildman–Crippen LogP) is 3.27. The van der Waals surface area contributed by atoms with Gasteiger partial charge in [0.2, 0.25) is 0 Å². The van der Waals surface area contributed by atoms with Crippen molar-refractivity contribution in [3.8, 4) is 0 Å². The molecular weight excluding hydrogens is 196 g/mol. The fraction of sp³-hybridized carbons (Fsp3) is 0.200. The lowest BCUT2D eigenvalue weighted by Crippen LogP contribution is -2.02. The van der Waals surface area contributed by atoms with E-state index >= 15 is 0 Å². The lowest BCUT2D eigenvalue weighted by atomic mass is 9.98. The molecule has 0 heterocycles. The molecule has 0 fully saturated rings. The summed E-state index contributed by atoms with van der Waals surface area (Å²) in [5.41, 5.74) is 3.42. The molecule has 2 rings (SSSR count). The summed E-state index contributed by atoms with van der Waals surface area (Å²) in [7, 11) is 0. The Labute approximate surface area is 96.4 Å². The molecule has 0 radical (unpaired) electrons. The molecule has 2 aromatic carbocycles. The van der Waals surface area contributed by atoms with Crippen molar-refractivity contribution in [3.05, 3.63) is 71.3 Å². The van der Waals surface area contributed by atoms with E-state index in [0.29, 0.717) is 6.42 Å². The largest absolute Gasteiger partial charge is 0.388 e.